The van der Waals surface area contributed by atoms with E-state index in [-0.39, 0.29) is 12.1 Å². The largest absolute Gasteiger partial charge is 0.389 e. The highest BCUT2D eigenvalue weighted by Gasteiger charge is 2.33. The van der Waals surface area contributed by atoms with Crippen molar-refractivity contribution in [3.05, 3.63) is 0 Å². The van der Waals surface area contributed by atoms with Crippen LogP contribution in [0.5, 0.6) is 0 Å². The standard InChI is InChI=1S/C13H26N2O2/c1-10(2)14-7-11-3-5-15(6-4-11)12-8-17-9-13(12)16/h10-14,16H,3-9H2,1-2H3. The Labute approximate surface area is 104 Å². The molecule has 2 unspecified atom stereocenters. The van der Waals surface area contributed by atoms with Gasteiger partial charge in [0, 0.05) is 6.04 Å². The van der Waals surface area contributed by atoms with Gasteiger partial charge in [-0.1, -0.05) is 13.8 Å². The maximum Gasteiger partial charge on any atom is 0.0950 e. The van der Waals surface area contributed by atoms with E-state index < -0.39 is 0 Å². The van der Waals surface area contributed by atoms with Crippen LogP contribution >= 0.6 is 0 Å². The Morgan fingerprint density at radius 2 is 2.00 bits per heavy atom. The molecular weight excluding hydrogens is 216 g/mol. The van der Waals surface area contributed by atoms with Gasteiger partial charge in [0.2, 0.25) is 0 Å². The summed E-state index contributed by atoms with van der Waals surface area (Å²) in [7, 11) is 0. The number of hydrogen-bond donors (Lipinski definition) is 2. The zero-order valence-electron chi connectivity index (χ0n) is 11.1. The van der Waals surface area contributed by atoms with Crippen molar-refractivity contribution in [2.24, 2.45) is 5.92 Å². The van der Waals surface area contributed by atoms with Gasteiger partial charge >= 0.3 is 0 Å². The molecule has 2 rings (SSSR count). The van der Waals surface area contributed by atoms with Gasteiger partial charge in [-0.15, -0.1) is 0 Å². The molecule has 2 aliphatic heterocycles. The summed E-state index contributed by atoms with van der Waals surface area (Å²) in [4.78, 5) is 2.41. The minimum absolute atomic E-state index is 0.244. The molecule has 0 aliphatic carbocycles. The number of nitrogens with zero attached hydrogens (tertiary/aromatic N) is 1. The maximum absolute atomic E-state index is 9.80. The summed E-state index contributed by atoms with van der Waals surface area (Å²) < 4.78 is 5.32. The first-order valence-corrected chi connectivity index (χ1v) is 6.90. The maximum atomic E-state index is 9.80. The number of ether oxygens (including phenoxy) is 1. The molecule has 2 heterocycles. The van der Waals surface area contributed by atoms with Crippen molar-refractivity contribution in [1.82, 2.24) is 10.2 Å². The summed E-state index contributed by atoms with van der Waals surface area (Å²) in [6, 6.07) is 0.826. The van der Waals surface area contributed by atoms with Gasteiger partial charge < -0.3 is 15.2 Å². The summed E-state index contributed by atoms with van der Waals surface area (Å²) in [5, 5.41) is 13.3. The number of likely N-dealkylation sites (tertiary alicyclic amines) is 1. The topological polar surface area (TPSA) is 44.7 Å². The van der Waals surface area contributed by atoms with Gasteiger partial charge in [-0.2, -0.15) is 0 Å². The van der Waals surface area contributed by atoms with Crippen LogP contribution in [0.3, 0.4) is 0 Å². The lowest BCUT2D eigenvalue weighted by molar-refractivity contribution is 0.0585. The molecule has 4 heteroatoms. The molecule has 0 spiro atoms. The fourth-order valence-corrected chi connectivity index (χ4v) is 2.77. The van der Waals surface area contributed by atoms with Crippen molar-refractivity contribution in [2.45, 2.75) is 44.9 Å². The van der Waals surface area contributed by atoms with Crippen LogP contribution in [-0.2, 0) is 4.74 Å². The van der Waals surface area contributed by atoms with Crippen LogP contribution in [0, 0.1) is 5.92 Å². The predicted octanol–water partition coefficient (Wildman–Crippen LogP) is 0.456. The van der Waals surface area contributed by atoms with Crippen molar-refractivity contribution in [3.8, 4) is 0 Å². The molecule has 4 nitrogen and oxygen atoms in total. The van der Waals surface area contributed by atoms with Gasteiger partial charge in [0.15, 0.2) is 0 Å². The molecule has 2 N–H and O–H groups in total. The lowest BCUT2D eigenvalue weighted by Crippen LogP contribution is -2.48. The molecule has 2 atom stereocenters. The molecule has 2 saturated heterocycles. The molecule has 17 heavy (non-hydrogen) atoms. The first kappa shape index (κ1) is 13.3. The molecule has 0 aromatic carbocycles. The van der Waals surface area contributed by atoms with Crippen LogP contribution in [0.15, 0.2) is 0 Å². The minimum Gasteiger partial charge on any atom is -0.389 e. The van der Waals surface area contributed by atoms with E-state index in [0.29, 0.717) is 19.3 Å². The molecule has 0 bridgehead atoms. The molecule has 2 fully saturated rings. The van der Waals surface area contributed by atoms with E-state index in [4.69, 9.17) is 4.74 Å². The zero-order chi connectivity index (χ0) is 12.3. The summed E-state index contributed by atoms with van der Waals surface area (Å²) in [6.07, 6.45) is 2.20. The van der Waals surface area contributed by atoms with E-state index in [1.165, 1.54) is 12.8 Å². The average Bonchev–Trinajstić information content (AvgIpc) is 2.73. The smallest absolute Gasteiger partial charge is 0.0950 e. The van der Waals surface area contributed by atoms with E-state index >= 15 is 0 Å². The van der Waals surface area contributed by atoms with Crippen molar-refractivity contribution in [3.63, 3.8) is 0 Å². The highest BCUT2D eigenvalue weighted by atomic mass is 16.5. The van der Waals surface area contributed by atoms with Crippen LogP contribution in [0.2, 0.25) is 0 Å². The molecule has 0 amide bonds. The normalized spacial score (nSPS) is 32.5. The molecule has 0 saturated carbocycles. The van der Waals surface area contributed by atoms with Crippen LogP contribution in [0.25, 0.3) is 0 Å². The Balaban J connectivity index is 1.70. The van der Waals surface area contributed by atoms with E-state index in [1.54, 1.807) is 0 Å². The number of rotatable bonds is 4. The summed E-state index contributed by atoms with van der Waals surface area (Å²) in [5.41, 5.74) is 0. The number of nitrogens with one attached hydrogen (secondary N) is 1. The van der Waals surface area contributed by atoms with Crippen molar-refractivity contribution in [2.75, 3.05) is 32.8 Å². The fraction of sp³-hybridized carbons (Fsp3) is 1.00. The number of piperidine rings is 1. The highest BCUT2D eigenvalue weighted by Crippen LogP contribution is 2.22. The quantitative estimate of drug-likeness (QED) is 0.751. The minimum atomic E-state index is -0.277. The van der Waals surface area contributed by atoms with Crippen LogP contribution in [0.4, 0.5) is 0 Å². The van der Waals surface area contributed by atoms with E-state index in [2.05, 4.69) is 24.1 Å². The zero-order valence-corrected chi connectivity index (χ0v) is 11.1. The van der Waals surface area contributed by atoms with Crippen LogP contribution in [0.1, 0.15) is 26.7 Å². The van der Waals surface area contributed by atoms with Gasteiger partial charge in [-0.3, -0.25) is 4.90 Å². The lowest BCUT2D eigenvalue weighted by atomic mass is 9.95. The molecule has 2 aliphatic rings. The van der Waals surface area contributed by atoms with Crippen molar-refractivity contribution < 1.29 is 9.84 Å². The second-order valence-electron chi connectivity index (χ2n) is 5.71. The SMILES string of the molecule is CC(C)NCC1CCN(C2COCC2O)CC1. The Bertz CT molecular complexity index is 227. The number of hydrogen-bond acceptors (Lipinski definition) is 4. The summed E-state index contributed by atoms with van der Waals surface area (Å²) in [6.45, 7) is 8.96. The van der Waals surface area contributed by atoms with E-state index in [0.717, 1.165) is 25.6 Å². The van der Waals surface area contributed by atoms with Gasteiger partial charge in [0.1, 0.15) is 0 Å². The number of aliphatic hydroxyl groups excluding tert-OH is 1. The monoisotopic (exact) mass is 242 g/mol. The first-order valence-electron chi connectivity index (χ1n) is 6.90. The first-order chi connectivity index (χ1) is 8.16. The lowest BCUT2D eigenvalue weighted by Gasteiger charge is -2.36. The second-order valence-corrected chi connectivity index (χ2v) is 5.71. The van der Waals surface area contributed by atoms with E-state index in [1.807, 2.05) is 0 Å². The van der Waals surface area contributed by atoms with E-state index in [9.17, 15) is 5.11 Å². The van der Waals surface area contributed by atoms with Crippen molar-refractivity contribution >= 4 is 0 Å². The Morgan fingerprint density at radius 1 is 1.29 bits per heavy atom. The summed E-state index contributed by atoms with van der Waals surface area (Å²) in [5.74, 6) is 0.799. The number of aliphatic hydroxyl groups is 1. The third kappa shape index (κ3) is 3.65. The average molecular weight is 242 g/mol. The van der Waals surface area contributed by atoms with Gasteiger partial charge in [0.25, 0.3) is 0 Å². The molecule has 0 aromatic heterocycles. The second kappa shape index (κ2) is 6.14. The Hall–Kier alpha value is -0.160. The Kier molecular flexibility index (Phi) is 4.79. The van der Waals surface area contributed by atoms with Gasteiger partial charge in [0.05, 0.1) is 25.4 Å². The third-order valence-electron chi connectivity index (χ3n) is 3.95. The van der Waals surface area contributed by atoms with Crippen molar-refractivity contribution in [1.29, 1.82) is 0 Å². The van der Waals surface area contributed by atoms with Gasteiger partial charge in [-0.25, -0.2) is 0 Å². The Morgan fingerprint density at radius 3 is 2.53 bits per heavy atom. The molecule has 0 aromatic rings. The van der Waals surface area contributed by atoms with Crippen LogP contribution in [-0.4, -0.2) is 61.0 Å². The molecular formula is C13H26N2O2. The molecule has 0 radical (unpaired) electrons. The summed E-state index contributed by atoms with van der Waals surface area (Å²) >= 11 is 0. The molecule has 100 valence electrons. The highest BCUT2D eigenvalue weighted by molar-refractivity contribution is 4.86. The van der Waals surface area contributed by atoms with Gasteiger partial charge in [-0.05, 0) is 38.4 Å². The third-order valence-corrected chi connectivity index (χ3v) is 3.95. The van der Waals surface area contributed by atoms with Crippen LogP contribution < -0.4 is 5.32 Å². The predicted molar refractivity (Wildman–Crippen MR) is 68.0 cm³/mol. The fourth-order valence-electron chi connectivity index (χ4n) is 2.77.